The van der Waals surface area contributed by atoms with Crippen LogP contribution in [0.2, 0.25) is 0 Å². The molecule has 3 nitrogen and oxygen atoms in total. The Hall–Kier alpha value is -0.380. The maximum atomic E-state index is 9.22. The van der Waals surface area contributed by atoms with Crippen molar-refractivity contribution in [3.63, 3.8) is 0 Å². The highest BCUT2D eigenvalue weighted by Gasteiger charge is 2.28. The lowest BCUT2D eigenvalue weighted by Crippen LogP contribution is -2.57. The smallest absolute Gasteiger partial charge is 0.0599 e. The number of rotatable bonds is 3. The molecule has 1 rings (SSSR count). The highest BCUT2D eigenvalue weighted by molar-refractivity contribution is 4.89. The van der Waals surface area contributed by atoms with E-state index in [2.05, 4.69) is 30.4 Å². The number of piperazine rings is 1. The monoisotopic (exact) mass is 184 g/mol. The molecule has 1 N–H and O–H groups in total. The first-order valence-electron chi connectivity index (χ1n) is 4.85. The topological polar surface area (TPSA) is 26.7 Å². The lowest BCUT2D eigenvalue weighted by molar-refractivity contribution is 0.0228. The molecule has 0 bridgehead atoms. The molecule has 0 aromatic heterocycles. The fourth-order valence-electron chi connectivity index (χ4n) is 2.10. The second-order valence-electron chi connectivity index (χ2n) is 3.89. The minimum absolute atomic E-state index is 0.239. The molecule has 0 amide bonds. The molecule has 1 fully saturated rings. The molecule has 0 spiro atoms. The van der Waals surface area contributed by atoms with Gasteiger partial charge in [0.05, 0.1) is 6.61 Å². The van der Waals surface area contributed by atoms with Gasteiger partial charge in [-0.25, -0.2) is 0 Å². The minimum Gasteiger partial charge on any atom is -0.395 e. The second kappa shape index (κ2) is 4.74. The third-order valence-corrected chi connectivity index (χ3v) is 2.68. The van der Waals surface area contributed by atoms with Crippen molar-refractivity contribution in [1.29, 1.82) is 0 Å². The van der Waals surface area contributed by atoms with E-state index in [9.17, 15) is 5.11 Å². The van der Waals surface area contributed by atoms with Crippen molar-refractivity contribution in [2.45, 2.75) is 19.0 Å². The maximum absolute atomic E-state index is 9.22. The molecule has 76 valence electrons. The van der Waals surface area contributed by atoms with Crippen molar-refractivity contribution < 1.29 is 5.11 Å². The molecular weight excluding hydrogens is 164 g/mol. The summed E-state index contributed by atoms with van der Waals surface area (Å²) in [4.78, 5) is 4.58. The molecule has 0 aromatic carbocycles. The average molecular weight is 184 g/mol. The van der Waals surface area contributed by atoms with Crippen LogP contribution in [0.25, 0.3) is 0 Å². The summed E-state index contributed by atoms with van der Waals surface area (Å²) in [6.07, 6.45) is 1.91. The Morgan fingerprint density at radius 1 is 1.54 bits per heavy atom. The van der Waals surface area contributed by atoms with Crippen LogP contribution in [-0.4, -0.2) is 60.3 Å². The predicted molar refractivity (Wildman–Crippen MR) is 54.7 cm³/mol. The maximum Gasteiger partial charge on any atom is 0.0599 e. The van der Waals surface area contributed by atoms with E-state index in [1.165, 1.54) is 0 Å². The van der Waals surface area contributed by atoms with E-state index in [-0.39, 0.29) is 12.6 Å². The van der Waals surface area contributed by atoms with Gasteiger partial charge in [-0.3, -0.25) is 4.90 Å². The lowest BCUT2D eigenvalue weighted by Gasteiger charge is -2.43. The van der Waals surface area contributed by atoms with Crippen LogP contribution in [0.5, 0.6) is 0 Å². The molecule has 2 unspecified atom stereocenters. The highest BCUT2D eigenvalue weighted by atomic mass is 16.3. The fraction of sp³-hybridized carbons (Fsp3) is 0.800. The van der Waals surface area contributed by atoms with Crippen molar-refractivity contribution in [3.05, 3.63) is 12.7 Å². The molecule has 3 heteroatoms. The van der Waals surface area contributed by atoms with Gasteiger partial charge in [0.2, 0.25) is 0 Å². The van der Waals surface area contributed by atoms with Gasteiger partial charge in [0.15, 0.2) is 0 Å². The first kappa shape index (κ1) is 10.7. The fourth-order valence-corrected chi connectivity index (χ4v) is 2.10. The van der Waals surface area contributed by atoms with Crippen molar-refractivity contribution in [2.24, 2.45) is 0 Å². The van der Waals surface area contributed by atoms with Crippen LogP contribution in [-0.2, 0) is 0 Å². The van der Waals surface area contributed by atoms with Gasteiger partial charge in [-0.05, 0) is 14.0 Å². The SMILES string of the molecule is C=CCN1C(C)CN(C)CC1CO. The first-order valence-corrected chi connectivity index (χ1v) is 4.85. The van der Waals surface area contributed by atoms with Crippen LogP contribution >= 0.6 is 0 Å². The van der Waals surface area contributed by atoms with Crippen LogP contribution in [0.4, 0.5) is 0 Å². The Bertz CT molecular complexity index is 172. The Balaban J connectivity index is 2.59. The molecule has 1 aliphatic rings. The summed E-state index contributed by atoms with van der Waals surface area (Å²) in [5, 5.41) is 9.22. The van der Waals surface area contributed by atoms with Crippen LogP contribution in [0.1, 0.15) is 6.92 Å². The average Bonchev–Trinajstić information content (AvgIpc) is 2.09. The van der Waals surface area contributed by atoms with Crippen molar-refractivity contribution in [1.82, 2.24) is 9.80 Å². The number of aliphatic hydroxyl groups is 1. The van der Waals surface area contributed by atoms with Crippen LogP contribution in [0.15, 0.2) is 12.7 Å². The normalized spacial score (nSPS) is 31.9. The number of aliphatic hydroxyl groups excluding tert-OH is 1. The summed E-state index contributed by atoms with van der Waals surface area (Å²) in [5.74, 6) is 0. The lowest BCUT2D eigenvalue weighted by atomic mass is 10.1. The summed E-state index contributed by atoms with van der Waals surface area (Å²) in [6.45, 7) is 9.08. The van der Waals surface area contributed by atoms with E-state index >= 15 is 0 Å². The Morgan fingerprint density at radius 2 is 2.23 bits per heavy atom. The van der Waals surface area contributed by atoms with E-state index in [1.54, 1.807) is 0 Å². The van der Waals surface area contributed by atoms with Crippen molar-refractivity contribution in [2.75, 3.05) is 33.3 Å². The number of nitrogens with zero attached hydrogens (tertiary/aromatic N) is 2. The molecular formula is C10H20N2O. The first-order chi connectivity index (χ1) is 6.19. The quantitative estimate of drug-likeness (QED) is 0.633. The molecule has 2 atom stereocenters. The molecule has 1 saturated heterocycles. The van der Waals surface area contributed by atoms with Gasteiger partial charge in [-0.15, -0.1) is 6.58 Å². The zero-order valence-electron chi connectivity index (χ0n) is 8.61. The number of hydrogen-bond acceptors (Lipinski definition) is 3. The molecule has 0 radical (unpaired) electrons. The largest absolute Gasteiger partial charge is 0.395 e. The molecule has 0 saturated carbocycles. The highest BCUT2D eigenvalue weighted by Crippen LogP contribution is 2.13. The van der Waals surface area contributed by atoms with Gasteiger partial charge < -0.3 is 10.0 Å². The molecule has 0 aromatic rings. The van der Waals surface area contributed by atoms with Crippen molar-refractivity contribution >= 4 is 0 Å². The van der Waals surface area contributed by atoms with Gasteiger partial charge in [0, 0.05) is 31.7 Å². The van der Waals surface area contributed by atoms with E-state index in [0.29, 0.717) is 6.04 Å². The van der Waals surface area contributed by atoms with E-state index in [4.69, 9.17) is 0 Å². The van der Waals surface area contributed by atoms with Gasteiger partial charge in [0.1, 0.15) is 0 Å². The van der Waals surface area contributed by atoms with Crippen LogP contribution in [0, 0.1) is 0 Å². The van der Waals surface area contributed by atoms with Crippen molar-refractivity contribution in [3.8, 4) is 0 Å². The molecule has 0 aliphatic carbocycles. The molecule has 13 heavy (non-hydrogen) atoms. The second-order valence-corrected chi connectivity index (χ2v) is 3.89. The van der Waals surface area contributed by atoms with Crippen LogP contribution < -0.4 is 0 Å². The summed E-state index contributed by atoms with van der Waals surface area (Å²) in [6, 6.07) is 0.778. The van der Waals surface area contributed by atoms with E-state index in [0.717, 1.165) is 19.6 Å². The Labute approximate surface area is 80.6 Å². The van der Waals surface area contributed by atoms with Gasteiger partial charge in [-0.2, -0.15) is 0 Å². The Kier molecular flexibility index (Phi) is 3.90. The zero-order chi connectivity index (χ0) is 9.84. The summed E-state index contributed by atoms with van der Waals surface area (Å²) < 4.78 is 0. The zero-order valence-corrected chi connectivity index (χ0v) is 8.61. The van der Waals surface area contributed by atoms with E-state index in [1.807, 2.05) is 6.08 Å². The van der Waals surface area contributed by atoms with Gasteiger partial charge in [0.25, 0.3) is 0 Å². The molecule has 1 heterocycles. The number of hydrogen-bond donors (Lipinski definition) is 1. The number of likely N-dealkylation sites (N-methyl/N-ethyl adjacent to an activating group) is 1. The van der Waals surface area contributed by atoms with Gasteiger partial charge >= 0.3 is 0 Å². The summed E-state index contributed by atoms with van der Waals surface area (Å²) in [7, 11) is 2.10. The van der Waals surface area contributed by atoms with Crippen LogP contribution in [0.3, 0.4) is 0 Å². The third kappa shape index (κ3) is 2.53. The summed E-state index contributed by atoms with van der Waals surface area (Å²) >= 11 is 0. The third-order valence-electron chi connectivity index (χ3n) is 2.68. The summed E-state index contributed by atoms with van der Waals surface area (Å²) in [5.41, 5.74) is 0. The standard InChI is InChI=1S/C10H20N2O/c1-4-5-12-9(2)6-11(3)7-10(12)8-13/h4,9-10,13H,1,5-8H2,2-3H3. The Morgan fingerprint density at radius 3 is 2.77 bits per heavy atom. The minimum atomic E-state index is 0.239. The van der Waals surface area contributed by atoms with Gasteiger partial charge in [-0.1, -0.05) is 6.08 Å². The predicted octanol–water partition coefficient (Wildman–Crippen LogP) is 0.169. The van der Waals surface area contributed by atoms with E-state index < -0.39 is 0 Å². The molecule has 1 aliphatic heterocycles.